The number of nitrogens with two attached hydrogens (primary N) is 1. The quantitative estimate of drug-likeness (QED) is 0.687. The number of hydrogen-bond acceptors (Lipinski definition) is 2. The molecule has 104 valence electrons. The Morgan fingerprint density at radius 3 is 2.45 bits per heavy atom. The molecule has 6 heteroatoms. The van der Waals surface area contributed by atoms with Crippen molar-refractivity contribution in [2.45, 2.75) is 6.92 Å². The summed E-state index contributed by atoms with van der Waals surface area (Å²) in [7, 11) is 0. The number of nitrogens with one attached hydrogen (secondary N) is 1. The highest BCUT2D eigenvalue weighted by atomic mass is 79.9. The molecule has 2 aromatic rings. The third kappa shape index (κ3) is 3.37. The van der Waals surface area contributed by atoms with Crippen LogP contribution in [0.1, 0.15) is 11.1 Å². The van der Waals surface area contributed by atoms with Gasteiger partial charge in [0.2, 0.25) is 0 Å². The van der Waals surface area contributed by atoms with Crippen molar-refractivity contribution >= 4 is 60.4 Å². The molecule has 2 rings (SSSR count). The molecule has 0 atom stereocenters. The third-order valence-corrected chi connectivity index (χ3v) is 4.29. The van der Waals surface area contributed by atoms with Gasteiger partial charge >= 0.3 is 0 Å². The zero-order chi connectivity index (χ0) is 14.9. The number of rotatable bonds is 3. The summed E-state index contributed by atoms with van der Waals surface area (Å²) in [4.78, 5) is 0.336. The largest absolute Gasteiger partial charge is 0.389 e. The Balaban J connectivity index is 2.35. The number of thiocarbonyl (C=S) groups is 1. The van der Waals surface area contributed by atoms with Gasteiger partial charge in [0.1, 0.15) is 10.8 Å². The predicted octanol–water partition coefficient (Wildman–Crippen LogP) is 5.04. The Hall–Kier alpha value is -0.980. The van der Waals surface area contributed by atoms with Gasteiger partial charge in [-0.2, -0.15) is 0 Å². The van der Waals surface area contributed by atoms with Gasteiger partial charge < -0.3 is 11.1 Å². The van der Waals surface area contributed by atoms with Crippen molar-refractivity contribution in [2.24, 2.45) is 5.73 Å². The van der Waals surface area contributed by atoms with Gasteiger partial charge in [-0.1, -0.05) is 12.2 Å². The normalized spacial score (nSPS) is 10.4. The number of hydrogen-bond donors (Lipinski definition) is 2. The standard InChI is InChI=1S/C14H11Br2FN2S/c1-7-4-9(15)11(17)6-13(7)19-12-3-2-8(14(18)20)5-10(12)16/h2-6,19H,1H3,(H2,18,20). The minimum absolute atomic E-state index is 0.311. The lowest BCUT2D eigenvalue weighted by atomic mass is 10.1. The molecular weight excluding hydrogens is 407 g/mol. The first kappa shape index (κ1) is 15.4. The van der Waals surface area contributed by atoms with Crippen LogP contribution in [0.3, 0.4) is 0 Å². The summed E-state index contributed by atoms with van der Waals surface area (Å²) in [6.45, 7) is 1.91. The van der Waals surface area contributed by atoms with Crippen LogP contribution in [0.25, 0.3) is 0 Å². The molecule has 0 aliphatic heterocycles. The molecule has 2 aromatic carbocycles. The summed E-state index contributed by atoms with van der Waals surface area (Å²) >= 11 is 11.5. The number of halogens is 3. The summed E-state index contributed by atoms with van der Waals surface area (Å²) in [5, 5.41) is 3.18. The van der Waals surface area contributed by atoms with Crippen LogP contribution in [0.5, 0.6) is 0 Å². The van der Waals surface area contributed by atoms with Crippen LogP contribution in [-0.2, 0) is 0 Å². The summed E-state index contributed by atoms with van der Waals surface area (Å²) in [6, 6.07) is 8.68. The highest BCUT2D eigenvalue weighted by Crippen LogP contribution is 2.30. The second-order valence-electron chi connectivity index (χ2n) is 4.27. The highest BCUT2D eigenvalue weighted by Gasteiger charge is 2.08. The van der Waals surface area contributed by atoms with Gasteiger partial charge in [-0.05, 0) is 74.7 Å². The lowest BCUT2D eigenvalue weighted by molar-refractivity contribution is 0.621. The summed E-state index contributed by atoms with van der Waals surface area (Å²) in [5.41, 5.74) is 8.81. The molecule has 0 unspecified atom stereocenters. The molecule has 0 spiro atoms. The molecule has 3 N–H and O–H groups in total. The third-order valence-electron chi connectivity index (χ3n) is 2.79. The van der Waals surface area contributed by atoms with Gasteiger partial charge in [0, 0.05) is 15.7 Å². The smallest absolute Gasteiger partial charge is 0.139 e. The molecule has 0 bridgehead atoms. The summed E-state index contributed by atoms with van der Waals surface area (Å²) < 4.78 is 14.9. The average Bonchev–Trinajstić information content (AvgIpc) is 2.37. The van der Waals surface area contributed by atoms with E-state index in [4.69, 9.17) is 18.0 Å². The second kappa shape index (κ2) is 6.20. The SMILES string of the molecule is Cc1cc(Br)c(F)cc1Nc1ccc(C(N)=S)cc1Br. The monoisotopic (exact) mass is 416 g/mol. The maximum atomic E-state index is 13.6. The van der Waals surface area contributed by atoms with E-state index in [1.54, 1.807) is 6.07 Å². The van der Waals surface area contributed by atoms with E-state index in [1.165, 1.54) is 6.07 Å². The van der Waals surface area contributed by atoms with Crippen LogP contribution in [0.2, 0.25) is 0 Å². The van der Waals surface area contributed by atoms with Gasteiger partial charge in [-0.25, -0.2) is 4.39 Å². The first-order chi connectivity index (χ1) is 9.38. The van der Waals surface area contributed by atoms with Gasteiger partial charge in [0.25, 0.3) is 0 Å². The van der Waals surface area contributed by atoms with Gasteiger partial charge in [0.05, 0.1) is 10.2 Å². The summed E-state index contributed by atoms with van der Waals surface area (Å²) in [5.74, 6) is -0.311. The van der Waals surface area contributed by atoms with Crippen LogP contribution in [0, 0.1) is 12.7 Å². The number of anilines is 2. The van der Waals surface area contributed by atoms with Crippen molar-refractivity contribution in [3.05, 3.63) is 56.2 Å². The lowest BCUT2D eigenvalue weighted by Crippen LogP contribution is -2.09. The number of aryl methyl sites for hydroxylation is 1. The van der Waals surface area contributed by atoms with E-state index in [-0.39, 0.29) is 5.82 Å². The summed E-state index contributed by atoms with van der Waals surface area (Å²) in [6.07, 6.45) is 0. The van der Waals surface area contributed by atoms with Crippen molar-refractivity contribution in [3.63, 3.8) is 0 Å². The minimum Gasteiger partial charge on any atom is -0.389 e. The number of benzene rings is 2. The van der Waals surface area contributed by atoms with Crippen molar-refractivity contribution in [3.8, 4) is 0 Å². The van der Waals surface area contributed by atoms with Crippen molar-refractivity contribution in [2.75, 3.05) is 5.32 Å². The van der Waals surface area contributed by atoms with Gasteiger partial charge in [-0.15, -0.1) is 0 Å². The zero-order valence-corrected chi connectivity index (χ0v) is 14.5. The van der Waals surface area contributed by atoms with E-state index in [9.17, 15) is 4.39 Å². The molecule has 0 aromatic heterocycles. The Morgan fingerprint density at radius 1 is 1.15 bits per heavy atom. The van der Waals surface area contributed by atoms with Gasteiger partial charge in [-0.3, -0.25) is 0 Å². The highest BCUT2D eigenvalue weighted by molar-refractivity contribution is 9.10. The van der Waals surface area contributed by atoms with E-state index in [1.807, 2.05) is 25.1 Å². The van der Waals surface area contributed by atoms with E-state index in [2.05, 4.69) is 37.2 Å². The average molecular weight is 418 g/mol. The second-order valence-corrected chi connectivity index (χ2v) is 6.41. The molecule has 0 aliphatic carbocycles. The molecule has 0 fully saturated rings. The molecule has 0 radical (unpaired) electrons. The Bertz CT molecular complexity index is 689. The zero-order valence-electron chi connectivity index (χ0n) is 10.5. The molecular formula is C14H11Br2FN2S. The van der Waals surface area contributed by atoms with Crippen LogP contribution < -0.4 is 11.1 Å². The van der Waals surface area contributed by atoms with Gasteiger partial charge in [0.15, 0.2) is 0 Å². The van der Waals surface area contributed by atoms with E-state index >= 15 is 0 Å². The topological polar surface area (TPSA) is 38.0 Å². The first-order valence-electron chi connectivity index (χ1n) is 5.70. The minimum atomic E-state index is -0.311. The fourth-order valence-corrected chi connectivity index (χ4v) is 2.76. The maximum Gasteiger partial charge on any atom is 0.139 e. The van der Waals surface area contributed by atoms with E-state index < -0.39 is 0 Å². The van der Waals surface area contributed by atoms with Crippen molar-refractivity contribution in [1.82, 2.24) is 0 Å². The Kier molecular flexibility index (Phi) is 4.78. The fourth-order valence-electron chi connectivity index (χ4n) is 1.70. The van der Waals surface area contributed by atoms with Crippen LogP contribution >= 0.6 is 44.1 Å². The molecule has 20 heavy (non-hydrogen) atoms. The van der Waals surface area contributed by atoms with Crippen LogP contribution in [0.4, 0.5) is 15.8 Å². The molecule has 2 nitrogen and oxygen atoms in total. The van der Waals surface area contributed by atoms with E-state index in [0.717, 1.165) is 21.3 Å². The molecule has 0 saturated heterocycles. The molecule has 0 saturated carbocycles. The Labute approximate surface area is 138 Å². The lowest BCUT2D eigenvalue weighted by Gasteiger charge is -2.13. The van der Waals surface area contributed by atoms with Crippen LogP contribution in [0.15, 0.2) is 39.3 Å². The predicted molar refractivity (Wildman–Crippen MR) is 92.1 cm³/mol. The van der Waals surface area contributed by atoms with E-state index in [0.29, 0.717) is 15.1 Å². The molecule has 0 aliphatic rings. The van der Waals surface area contributed by atoms with Crippen molar-refractivity contribution < 1.29 is 4.39 Å². The fraction of sp³-hybridized carbons (Fsp3) is 0.0714. The molecule has 0 heterocycles. The van der Waals surface area contributed by atoms with Crippen LogP contribution in [-0.4, -0.2) is 4.99 Å². The maximum absolute atomic E-state index is 13.6. The first-order valence-corrected chi connectivity index (χ1v) is 7.70. The Morgan fingerprint density at radius 2 is 1.85 bits per heavy atom. The molecule has 0 amide bonds. The van der Waals surface area contributed by atoms with Crippen molar-refractivity contribution in [1.29, 1.82) is 0 Å².